The topological polar surface area (TPSA) is 114 Å². The van der Waals surface area contributed by atoms with Crippen LogP contribution in [0.5, 0.6) is 0 Å². The first-order valence-electron chi connectivity index (χ1n) is 12.7. The fourth-order valence-electron chi connectivity index (χ4n) is 4.83. The first kappa shape index (κ1) is 25.3. The molecule has 1 saturated heterocycles. The highest BCUT2D eigenvalue weighted by atomic mass is 19.1. The van der Waals surface area contributed by atoms with Crippen LogP contribution < -0.4 is 10.6 Å². The van der Waals surface area contributed by atoms with Crippen molar-refractivity contribution < 1.29 is 32.4 Å². The highest BCUT2D eigenvalue weighted by Gasteiger charge is 2.54. The lowest BCUT2D eigenvalue weighted by Crippen LogP contribution is -2.58. The van der Waals surface area contributed by atoms with E-state index in [0.29, 0.717) is 31.7 Å². The van der Waals surface area contributed by atoms with E-state index in [1.165, 1.54) is 25.0 Å². The Bertz CT molecular complexity index is 1190. The van der Waals surface area contributed by atoms with Crippen molar-refractivity contribution in [2.75, 3.05) is 26.2 Å². The Morgan fingerprint density at radius 2 is 1.97 bits per heavy atom. The van der Waals surface area contributed by atoms with Gasteiger partial charge in [0.2, 0.25) is 5.91 Å². The standard InChI is InChI=1S/C26H30F2N4O5/c1-2-36-25(35)26(8-9-26)30-23(33)18-14-32(13-15-3-4-15)10-7-20(18)29-24(34)21-12-22(37-31-21)17-6-5-16(27)11-19(17)28/h5-6,11-12,15,18,20H,2-4,7-10,13-14H2,1H3,(H,29,34)(H,30,33)/t18-,20-/m0/s1. The van der Waals surface area contributed by atoms with Crippen LogP contribution in [0.1, 0.15) is 49.5 Å². The normalized spacial score (nSPS) is 22.8. The number of aromatic nitrogens is 1. The molecular weight excluding hydrogens is 486 g/mol. The molecule has 1 aromatic carbocycles. The molecule has 2 aliphatic carbocycles. The van der Waals surface area contributed by atoms with Gasteiger partial charge in [0.1, 0.15) is 17.2 Å². The maximum atomic E-state index is 14.1. The minimum atomic E-state index is -0.985. The maximum Gasteiger partial charge on any atom is 0.331 e. The van der Waals surface area contributed by atoms with Crippen LogP contribution in [0, 0.1) is 23.5 Å². The van der Waals surface area contributed by atoms with Gasteiger partial charge in [-0.1, -0.05) is 5.16 Å². The number of rotatable bonds is 9. The smallest absolute Gasteiger partial charge is 0.331 e. The Morgan fingerprint density at radius 1 is 1.19 bits per heavy atom. The third-order valence-electron chi connectivity index (χ3n) is 7.28. The highest BCUT2D eigenvalue weighted by molar-refractivity contribution is 5.95. The second-order valence-corrected chi connectivity index (χ2v) is 10.2. The summed E-state index contributed by atoms with van der Waals surface area (Å²) in [6, 6.07) is 3.80. The number of nitrogens with one attached hydrogen (secondary N) is 2. The number of esters is 1. The van der Waals surface area contributed by atoms with Crippen molar-refractivity contribution in [3.63, 3.8) is 0 Å². The molecule has 5 rings (SSSR count). The Balaban J connectivity index is 1.29. The average molecular weight is 517 g/mol. The Kier molecular flexibility index (Phi) is 6.98. The summed E-state index contributed by atoms with van der Waals surface area (Å²) >= 11 is 0. The van der Waals surface area contributed by atoms with E-state index >= 15 is 0 Å². The van der Waals surface area contributed by atoms with Crippen LogP contribution in [-0.2, 0) is 14.3 Å². The van der Waals surface area contributed by atoms with Crippen molar-refractivity contribution >= 4 is 17.8 Å². The quantitative estimate of drug-likeness (QED) is 0.493. The van der Waals surface area contributed by atoms with Crippen LogP contribution in [-0.4, -0.2) is 65.7 Å². The van der Waals surface area contributed by atoms with Gasteiger partial charge in [-0.05, 0) is 57.1 Å². The Hall–Kier alpha value is -3.34. The molecule has 1 aromatic heterocycles. The zero-order valence-electron chi connectivity index (χ0n) is 20.6. The van der Waals surface area contributed by atoms with E-state index in [-0.39, 0.29) is 29.5 Å². The molecule has 198 valence electrons. The summed E-state index contributed by atoms with van der Waals surface area (Å²) in [6.45, 7) is 4.03. The molecule has 2 saturated carbocycles. The third kappa shape index (κ3) is 5.66. The van der Waals surface area contributed by atoms with E-state index in [1.807, 2.05) is 0 Å². The molecule has 37 heavy (non-hydrogen) atoms. The van der Waals surface area contributed by atoms with Crippen LogP contribution in [0.15, 0.2) is 28.8 Å². The molecule has 0 unspecified atom stereocenters. The van der Waals surface area contributed by atoms with Gasteiger partial charge in [-0.2, -0.15) is 0 Å². The van der Waals surface area contributed by atoms with Crippen molar-refractivity contribution in [2.45, 2.75) is 50.6 Å². The molecule has 2 atom stereocenters. The fraction of sp³-hybridized carbons (Fsp3) is 0.538. The molecule has 1 aliphatic heterocycles. The lowest BCUT2D eigenvalue weighted by molar-refractivity contribution is -0.149. The number of hydrogen-bond donors (Lipinski definition) is 2. The van der Waals surface area contributed by atoms with Crippen molar-refractivity contribution in [1.29, 1.82) is 0 Å². The zero-order valence-corrected chi connectivity index (χ0v) is 20.6. The molecule has 3 aliphatic rings. The second kappa shape index (κ2) is 10.2. The summed E-state index contributed by atoms with van der Waals surface area (Å²) in [7, 11) is 0. The molecule has 0 spiro atoms. The van der Waals surface area contributed by atoms with Gasteiger partial charge < -0.3 is 24.8 Å². The van der Waals surface area contributed by atoms with Crippen molar-refractivity contribution in [1.82, 2.24) is 20.7 Å². The van der Waals surface area contributed by atoms with E-state index in [2.05, 4.69) is 20.7 Å². The Morgan fingerprint density at radius 3 is 2.65 bits per heavy atom. The highest BCUT2D eigenvalue weighted by Crippen LogP contribution is 2.38. The number of likely N-dealkylation sites (tertiary alicyclic amines) is 1. The van der Waals surface area contributed by atoms with Crippen molar-refractivity contribution in [3.8, 4) is 11.3 Å². The van der Waals surface area contributed by atoms with Crippen molar-refractivity contribution in [2.24, 2.45) is 11.8 Å². The Labute approximate surface area is 212 Å². The van der Waals surface area contributed by atoms with E-state index < -0.39 is 41.0 Å². The monoisotopic (exact) mass is 516 g/mol. The summed E-state index contributed by atoms with van der Waals surface area (Å²) in [4.78, 5) is 41.0. The van der Waals surface area contributed by atoms with Crippen molar-refractivity contribution in [3.05, 3.63) is 41.6 Å². The van der Waals surface area contributed by atoms with Gasteiger partial charge in [0.25, 0.3) is 5.91 Å². The van der Waals surface area contributed by atoms with E-state index in [0.717, 1.165) is 25.2 Å². The number of carbonyl (C=O) groups excluding carboxylic acids is 3. The summed E-state index contributed by atoms with van der Waals surface area (Å²) < 4.78 is 37.6. The number of ether oxygens (including phenoxy) is 1. The minimum absolute atomic E-state index is 0.0127. The zero-order chi connectivity index (χ0) is 26.2. The number of carbonyl (C=O) groups is 3. The average Bonchev–Trinajstić information content (AvgIpc) is 3.79. The van der Waals surface area contributed by atoms with Gasteiger partial charge in [-0.3, -0.25) is 9.59 Å². The minimum Gasteiger partial charge on any atom is -0.464 e. The number of hydrogen-bond acceptors (Lipinski definition) is 7. The largest absolute Gasteiger partial charge is 0.464 e. The molecule has 11 heteroatoms. The van der Waals surface area contributed by atoms with Crippen LogP contribution in [0.25, 0.3) is 11.3 Å². The molecule has 0 radical (unpaired) electrons. The maximum absolute atomic E-state index is 14.1. The molecular formula is C26H30F2N4O5. The summed E-state index contributed by atoms with van der Waals surface area (Å²) in [5, 5.41) is 9.53. The van der Waals surface area contributed by atoms with Gasteiger partial charge in [-0.25, -0.2) is 13.6 Å². The predicted octanol–water partition coefficient (Wildman–Crippen LogP) is 2.66. The number of amides is 2. The third-order valence-corrected chi connectivity index (χ3v) is 7.28. The molecule has 9 nitrogen and oxygen atoms in total. The van der Waals surface area contributed by atoms with Gasteiger partial charge in [0.05, 0.1) is 18.1 Å². The van der Waals surface area contributed by atoms with Gasteiger partial charge in [0.15, 0.2) is 11.5 Å². The number of benzene rings is 1. The first-order chi connectivity index (χ1) is 17.8. The molecule has 3 fully saturated rings. The van der Waals surface area contributed by atoms with Crippen LogP contribution in [0.4, 0.5) is 8.78 Å². The van der Waals surface area contributed by atoms with Crippen LogP contribution >= 0.6 is 0 Å². The van der Waals surface area contributed by atoms with Gasteiger partial charge in [0, 0.05) is 37.8 Å². The predicted molar refractivity (Wildman–Crippen MR) is 127 cm³/mol. The molecule has 2 amide bonds. The van der Waals surface area contributed by atoms with Crippen LogP contribution in [0.3, 0.4) is 0 Å². The summed E-state index contributed by atoms with van der Waals surface area (Å²) in [5.74, 6) is -2.81. The van der Waals surface area contributed by atoms with E-state index in [4.69, 9.17) is 9.26 Å². The number of nitrogens with zero attached hydrogens (tertiary/aromatic N) is 2. The lowest BCUT2D eigenvalue weighted by Gasteiger charge is -2.38. The second-order valence-electron chi connectivity index (χ2n) is 10.2. The molecule has 2 N–H and O–H groups in total. The van der Waals surface area contributed by atoms with Gasteiger partial charge in [-0.15, -0.1) is 0 Å². The van der Waals surface area contributed by atoms with E-state index in [1.54, 1.807) is 6.92 Å². The summed E-state index contributed by atoms with van der Waals surface area (Å²) in [5.41, 5.74) is -1.09. The van der Waals surface area contributed by atoms with Crippen LogP contribution in [0.2, 0.25) is 0 Å². The number of halogens is 2. The number of piperidine rings is 1. The van der Waals surface area contributed by atoms with E-state index in [9.17, 15) is 23.2 Å². The molecule has 0 bridgehead atoms. The SMILES string of the molecule is CCOC(=O)C1(NC(=O)[C@H]2CN(CC3CC3)CC[C@@H]2NC(=O)c2cc(-c3ccc(F)cc3F)on2)CC1. The first-order valence-corrected chi connectivity index (χ1v) is 12.7. The molecule has 2 heterocycles. The lowest BCUT2D eigenvalue weighted by atomic mass is 9.90. The molecule has 2 aromatic rings. The van der Waals surface area contributed by atoms with Gasteiger partial charge >= 0.3 is 5.97 Å². The summed E-state index contributed by atoms with van der Waals surface area (Å²) in [6.07, 6.45) is 3.95. The fourth-order valence-corrected chi connectivity index (χ4v) is 4.83.